The SMILES string of the molecule is CCOC(=O)c1ccc(Br)c2cccnc12. The number of aromatic nitrogens is 1. The monoisotopic (exact) mass is 279 g/mol. The molecule has 82 valence electrons. The van der Waals surface area contributed by atoms with E-state index in [4.69, 9.17) is 4.74 Å². The van der Waals surface area contributed by atoms with Crippen LogP contribution in [0.4, 0.5) is 0 Å². The first-order valence-electron chi connectivity index (χ1n) is 4.94. The summed E-state index contributed by atoms with van der Waals surface area (Å²) >= 11 is 3.43. The molecule has 1 aromatic carbocycles. The summed E-state index contributed by atoms with van der Waals surface area (Å²) in [6, 6.07) is 7.30. The van der Waals surface area contributed by atoms with E-state index in [1.165, 1.54) is 0 Å². The van der Waals surface area contributed by atoms with Crippen LogP contribution in [0.5, 0.6) is 0 Å². The van der Waals surface area contributed by atoms with Crippen molar-refractivity contribution < 1.29 is 9.53 Å². The zero-order valence-electron chi connectivity index (χ0n) is 8.74. The van der Waals surface area contributed by atoms with Crippen molar-refractivity contribution in [3.8, 4) is 0 Å². The first kappa shape index (κ1) is 11.1. The van der Waals surface area contributed by atoms with E-state index in [0.717, 1.165) is 9.86 Å². The van der Waals surface area contributed by atoms with E-state index in [-0.39, 0.29) is 5.97 Å². The minimum atomic E-state index is -0.335. The van der Waals surface area contributed by atoms with Gasteiger partial charge in [-0.05, 0) is 25.1 Å². The van der Waals surface area contributed by atoms with Gasteiger partial charge in [-0.3, -0.25) is 4.98 Å². The maximum Gasteiger partial charge on any atom is 0.340 e. The van der Waals surface area contributed by atoms with Crippen molar-refractivity contribution in [1.29, 1.82) is 0 Å². The molecule has 1 aromatic heterocycles. The van der Waals surface area contributed by atoms with Crippen LogP contribution in [-0.2, 0) is 4.74 Å². The molecule has 4 heteroatoms. The number of hydrogen-bond acceptors (Lipinski definition) is 3. The van der Waals surface area contributed by atoms with Gasteiger partial charge in [-0.1, -0.05) is 22.0 Å². The molecule has 1 heterocycles. The van der Waals surface area contributed by atoms with Crippen molar-refractivity contribution >= 4 is 32.8 Å². The number of hydrogen-bond donors (Lipinski definition) is 0. The summed E-state index contributed by atoms with van der Waals surface area (Å²) in [5.41, 5.74) is 1.16. The quantitative estimate of drug-likeness (QED) is 0.793. The van der Waals surface area contributed by atoms with E-state index >= 15 is 0 Å². The number of carbonyl (C=O) groups excluding carboxylic acids is 1. The summed E-state index contributed by atoms with van der Waals surface area (Å²) in [5.74, 6) is -0.335. The third-order valence-electron chi connectivity index (χ3n) is 2.21. The van der Waals surface area contributed by atoms with Crippen molar-refractivity contribution in [2.45, 2.75) is 6.92 Å². The van der Waals surface area contributed by atoms with Gasteiger partial charge in [0.2, 0.25) is 0 Å². The Morgan fingerprint density at radius 2 is 2.25 bits per heavy atom. The summed E-state index contributed by atoms with van der Waals surface area (Å²) in [5, 5.41) is 0.910. The molecule has 0 saturated carbocycles. The van der Waals surface area contributed by atoms with Crippen LogP contribution in [0.15, 0.2) is 34.9 Å². The van der Waals surface area contributed by atoms with Gasteiger partial charge in [-0.15, -0.1) is 0 Å². The first-order chi connectivity index (χ1) is 7.74. The Bertz CT molecular complexity index is 540. The standard InChI is InChI=1S/C12H10BrNO2/c1-2-16-12(15)9-5-6-10(13)8-4-3-7-14-11(8)9/h3-7H,2H2,1H3. The van der Waals surface area contributed by atoms with Crippen LogP contribution < -0.4 is 0 Å². The number of halogens is 1. The summed E-state index contributed by atoms with van der Waals surface area (Å²) in [4.78, 5) is 15.9. The zero-order valence-corrected chi connectivity index (χ0v) is 10.3. The Morgan fingerprint density at radius 1 is 1.44 bits per heavy atom. The lowest BCUT2D eigenvalue weighted by Crippen LogP contribution is -2.06. The second-order valence-electron chi connectivity index (χ2n) is 3.21. The predicted octanol–water partition coefficient (Wildman–Crippen LogP) is 3.17. The molecule has 0 aliphatic carbocycles. The topological polar surface area (TPSA) is 39.2 Å². The fourth-order valence-corrected chi connectivity index (χ4v) is 1.96. The zero-order chi connectivity index (χ0) is 11.5. The average Bonchev–Trinajstić information content (AvgIpc) is 2.30. The Kier molecular flexibility index (Phi) is 3.19. The second-order valence-corrected chi connectivity index (χ2v) is 4.07. The van der Waals surface area contributed by atoms with Gasteiger partial charge in [0.05, 0.1) is 17.7 Å². The molecule has 16 heavy (non-hydrogen) atoms. The lowest BCUT2D eigenvalue weighted by molar-refractivity contribution is 0.0528. The molecule has 0 spiro atoms. The highest BCUT2D eigenvalue weighted by Crippen LogP contribution is 2.25. The van der Waals surface area contributed by atoms with Crippen molar-refractivity contribution in [3.05, 3.63) is 40.5 Å². The number of carbonyl (C=O) groups is 1. The molecule has 0 amide bonds. The third-order valence-corrected chi connectivity index (χ3v) is 2.90. The van der Waals surface area contributed by atoms with E-state index in [1.54, 1.807) is 19.2 Å². The van der Waals surface area contributed by atoms with Gasteiger partial charge in [0.25, 0.3) is 0 Å². The van der Waals surface area contributed by atoms with Crippen LogP contribution in [-0.4, -0.2) is 17.6 Å². The van der Waals surface area contributed by atoms with Crippen molar-refractivity contribution in [1.82, 2.24) is 4.98 Å². The molecule has 2 aromatic rings. The second kappa shape index (κ2) is 4.61. The van der Waals surface area contributed by atoms with Crippen LogP contribution >= 0.6 is 15.9 Å². The van der Waals surface area contributed by atoms with Crippen LogP contribution in [0.3, 0.4) is 0 Å². The van der Waals surface area contributed by atoms with E-state index in [2.05, 4.69) is 20.9 Å². The van der Waals surface area contributed by atoms with Crippen LogP contribution in [0.25, 0.3) is 10.9 Å². The third kappa shape index (κ3) is 1.93. The van der Waals surface area contributed by atoms with E-state index in [9.17, 15) is 4.79 Å². The smallest absolute Gasteiger partial charge is 0.340 e. The molecule has 0 bridgehead atoms. The lowest BCUT2D eigenvalue weighted by Gasteiger charge is -2.06. The normalized spacial score (nSPS) is 10.4. The number of rotatable bonds is 2. The molecule has 0 fully saturated rings. The molecule has 0 atom stereocenters. The minimum absolute atomic E-state index is 0.335. The molecule has 0 N–H and O–H groups in total. The van der Waals surface area contributed by atoms with E-state index < -0.39 is 0 Å². The summed E-state index contributed by atoms with van der Waals surface area (Å²) in [6.07, 6.45) is 1.66. The number of esters is 1. The fourth-order valence-electron chi connectivity index (χ4n) is 1.51. The van der Waals surface area contributed by atoms with E-state index in [1.807, 2.05) is 18.2 Å². The van der Waals surface area contributed by atoms with E-state index in [0.29, 0.717) is 17.7 Å². The maximum absolute atomic E-state index is 11.7. The predicted molar refractivity (Wildman–Crippen MR) is 65.4 cm³/mol. The number of ether oxygens (including phenoxy) is 1. The number of nitrogens with zero attached hydrogens (tertiary/aromatic N) is 1. The van der Waals surface area contributed by atoms with Gasteiger partial charge >= 0.3 is 5.97 Å². The van der Waals surface area contributed by atoms with Gasteiger partial charge < -0.3 is 4.74 Å². The highest BCUT2D eigenvalue weighted by atomic mass is 79.9. The molecular weight excluding hydrogens is 270 g/mol. The minimum Gasteiger partial charge on any atom is -0.462 e. The molecular formula is C12H10BrNO2. The summed E-state index contributed by atoms with van der Waals surface area (Å²) in [7, 11) is 0. The van der Waals surface area contributed by atoms with Crippen LogP contribution in [0, 0.1) is 0 Å². The molecule has 3 nitrogen and oxygen atoms in total. The Balaban J connectivity index is 2.63. The van der Waals surface area contributed by atoms with Gasteiger partial charge in [-0.2, -0.15) is 0 Å². The van der Waals surface area contributed by atoms with Crippen molar-refractivity contribution in [2.75, 3.05) is 6.61 Å². The molecule has 0 aliphatic rings. The van der Waals surface area contributed by atoms with Crippen LogP contribution in [0.1, 0.15) is 17.3 Å². The lowest BCUT2D eigenvalue weighted by atomic mass is 10.1. The molecule has 0 aliphatic heterocycles. The Hall–Kier alpha value is -1.42. The van der Waals surface area contributed by atoms with Crippen LogP contribution in [0.2, 0.25) is 0 Å². The largest absolute Gasteiger partial charge is 0.462 e. The van der Waals surface area contributed by atoms with Gasteiger partial charge in [0.1, 0.15) is 0 Å². The molecule has 0 radical (unpaired) electrons. The Labute approximate surface area is 102 Å². The summed E-state index contributed by atoms with van der Waals surface area (Å²) < 4.78 is 5.90. The molecule has 2 rings (SSSR count). The molecule has 0 unspecified atom stereocenters. The summed E-state index contributed by atoms with van der Waals surface area (Å²) in [6.45, 7) is 2.15. The first-order valence-corrected chi connectivity index (χ1v) is 5.73. The van der Waals surface area contributed by atoms with Gasteiger partial charge in [-0.25, -0.2) is 4.79 Å². The number of benzene rings is 1. The average molecular weight is 280 g/mol. The molecule has 0 saturated heterocycles. The van der Waals surface area contributed by atoms with Gasteiger partial charge in [0, 0.05) is 16.1 Å². The number of pyridine rings is 1. The number of fused-ring (bicyclic) bond motifs is 1. The van der Waals surface area contributed by atoms with Crippen molar-refractivity contribution in [3.63, 3.8) is 0 Å². The fraction of sp³-hybridized carbons (Fsp3) is 0.167. The highest BCUT2D eigenvalue weighted by Gasteiger charge is 2.13. The van der Waals surface area contributed by atoms with Crippen molar-refractivity contribution in [2.24, 2.45) is 0 Å². The Morgan fingerprint density at radius 3 is 3.00 bits per heavy atom. The van der Waals surface area contributed by atoms with Gasteiger partial charge in [0.15, 0.2) is 0 Å². The highest BCUT2D eigenvalue weighted by molar-refractivity contribution is 9.10. The maximum atomic E-state index is 11.7.